The highest BCUT2D eigenvalue weighted by Crippen LogP contribution is 2.18. The highest BCUT2D eigenvalue weighted by atomic mass is 35.5. The lowest BCUT2D eigenvalue weighted by molar-refractivity contribution is 0.0939. The molecule has 3 rings (SSSR count). The van der Waals surface area contributed by atoms with Crippen molar-refractivity contribution in [3.63, 3.8) is 0 Å². The van der Waals surface area contributed by atoms with Crippen molar-refractivity contribution in [1.82, 2.24) is 19.7 Å². The summed E-state index contributed by atoms with van der Waals surface area (Å²) in [6.07, 6.45) is 0. The molecule has 1 heterocycles. The van der Waals surface area contributed by atoms with Crippen LogP contribution in [0.3, 0.4) is 0 Å². The lowest BCUT2D eigenvalue weighted by Crippen LogP contribution is -2.46. The zero-order valence-electron chi connectivity index (χ0n) is 18.0. The maximum absolute atomic E-state index is 13.2. The van der Waals surface area contributed by atoms with Gasteiger partial charge in [0.15, 0.2) is 0 Å². The third-order valence-electron chi connectivity index (χ3n) is 4.94. The van der Waals surface area contributed by atoms with E-state index in [0.29, 0.717) is 17.3 Å². The van der Waals surface area contributed by atoms with Crippen LogP contribution in [0, 0.1) is 19.8 Å². The van der Waals surface area contributed by atoms with E-state index in [9.17, 15) is 14.4 Å². The van der Waals surface area contributed by atoms with E-state index in [2.05, 4.69) is 10.4 Å². The molecule has 8 heteroatoms. The third kappa shape index (κ3) is 4.94. The molecule has 1 amide bonds. The Morgan fingerprint density at radius 3 is 2.45 bits per heavy atom. The van der Waals surface area contributed by atoms with Gasteiger partial charge < -0.3 is 5.32 Å². The van der Waals surface area contributed by atoms with Crippen LogP contribution in [0.4, 0.5) is 0 Å². The molecule has 0 saturated heterocycles. The lowest BCUT2D eigenvalue weighted by Gasteiger charge is -2.14. The molecule has 0 saturated carbocycles. The number of rotatable bonds is 6. The summed E-state index contributed by atoms with van der Waals surface area (Å²) in [7, 11) is 0. The predicted molar refractivity (Wildman–Crippen MR) is 121 cm³/mol. The third-order valence-corrected chi connectivity index (χ3v) is 5.34. The Bertz CT molecular complexity index is 1240. The van der Waals surface area contributed by atoms with Crippen LogP contribution in [0.1, 0.15) is 41.0 Å². The fraction of sp³-hybridized carbons (Fsp3) is 0.304. The molecule has 0 aliphatic rings. The maximum Gasteiger partial charge on any atom is 0.352 e. The molecule has 3 aromatic rings. The Morgan fingerprint density at radius 2 is 1.81 bits per heavy atom. The minimum atomic E-state index is -0.732. The first-order valence-corrected chi connectivity index (χ1v) is 10.4. The average Bonchev–Trinajstić information content (AvgIpc) is 2.73. The molecule has 31 heavy (non-hydrogen) atoms. The van der Waals surface area contributed by atoms with Gasteiger partial charge >= 0.3 is 5.69 Å². The van der Waals surface area contributed by atoms with E-state index < -0.39 is 17.2 Å². The molecule has 2 aromatic carbocycles. The number of carbonyl (C=O) groups is 1. The molecule has 0 bridgehead atoms. The van der Waals surface area contributed by atoms with E-state index in [1.165, 1.54) is 0 Å². The Kier molecular flexibility index (Phi) is 6.75. The second-order valence-corrected chi connectivity index (χ2v) is 8.31. The first-order chi connectivity index (χ1) is 14.7. The van der Waals surface area contributed by atoms with Gasteiger partial charge in [0.25, 0.3) is 11.5 Å². The van der Waals surface area contributed by atoms with Crippen molar-refractivity contribution in [2.45, 2.75) is 34.2 Å². The summed E-state index contributed by atoms with van der Waals surface area (Å²) in [6.45, 7) is 8.03. The summed E-state index contributed by atoms with van der Waals surface area (Å²) in [4.78, 5) is 39.1. The van der Waals surface area contributed by atoms with Gasteiger partial charge in [-0.3, -0.25) is 14.2 Å². The molecule has 1 N–H and O–H groups in total. The molecule has 0 aliphatic carbocycles. The maximum atomic E-state index is 13.2. The van der Waals surface area contributed by atoms with Crippen LogP contribution >= 0.6 is 11.6 Å². The molecule has 0 atom stereocenters. The summed E-state index contributed by atoms with van der Waals surface area (Å²) < 4.78 is 2.09. The van der Waals surface area contributed by atoms with Crippen molar-refractivity contribution in [1.29, 1.82) is 0 Å². The molecule has 0 radical (unpaired) electrons. The van der Waals surface area contributed by atoms with E-state index >= 15 is 0 Å². The zero-order valence-corrected chi connectivity index (χ0v) is 18.7. The van der Waals surface area contributed by atoms with Gasteiger partial charge in [0, 0.05) is 11.6 Å². The summed E-state index contributed by atoms with van der Waals surface area (Å²) in [5.74, 6) is -0.427. The van der Waals surface area contributed by atoms with Gasteiger partial charge in [0.2, 0.25) is 5.69 Å². The van der Waals surface area contributed by atoms with Crippen LogP contribution in [0.2, 0.25) is 5.02 Å². The monoisotopic (exact) mass is 440 g/mol. The van der Waals surface area contributed by atoms with Crippen molar-refractivity contribution < 1.29 is 4.79 Å². The number of aryl methyl sites for hydroxylation is 2. The van der Waals surface area contributed by atoms with Crippen LogP contribution in [-0.2, 0) is 6.54 Å². The van der Waals surface area contributed by atoms with Crippen LogP contribution in [-0.4, -0.2) is 26.8 Å². The Morgan fingerprint density at radius 1 is 1.10 bits per heavy atom. The van der Waals surface area contributed by atoms with Gasteiger partial charge in [-0.2, -0.15) is 9.78 Å². The van der Waals surface area contributed by atoms with Crippen molar-refractivity contribution in [2.75, 3.05) is 6.54 Å². The standard InChI is InChI=1S/C23H25ClN4O3/c1-14(2)12-25-21(29)20-22(30)27(13-17-8-6-5-7-15(17)3)23(31)28(26-20)18-10-9-16(4)19(24)11-18/h5-11,14H,12-13H2,1-4H3,(H,25,29). The normalized spacial score (nSPS) is 11.0. The largest absolute Gasteiger partial charge is 0.352 e. The van der Waals surface area contributed by atoms with E-state index in [4.69, 9.17) is 11.6 Å². The molecule has 1 aromatic heterocycles. The lowest BCUT2D eigenvalue weighted by atomic mass is 10.1. The Balaban J connectivity index is 2.20. The fourth-order valence-electron chi connectivity index (χ4n) is 3.02. The minimum absolute atomic E-state index is 0.0247. The number of aromatic nitrogens is 3. The second-order valence-electron chi connectivity index (χ2n) is 7.90. The molecular formula is C23H25ClN4O3. The second kappa shape index (κ2) is 9.31. The Labute approximate surface area is 185 Å². The van der Waals surface area contributed by atoms with Gasteiger partial charge in [0.1, 0.15) is 0 Å². The van der Waals surface area contributed by atoms with Gasteiger partial charge in [-0.25, -0.2) is 4.79 Å². The van der Waals surface area contributed by atoms with Crippen molar-refractivity contribution in [2.24, 2.45) is 5.92 Å². The first kappa shape index (κ1) is 22.5. The molecule has 162 valence electrons. The predicted octanol–water partition coefficient (Wildman–Crippen LogP) is 3.10. The molecule has 0 spiro atoms. The SMILES string of the molecule is Cc1ccc(-n2nc(C(=O)NCC(C)C)c(=O)n(Cc3ccccc3C)c2=O)cc1Cl. The first-order valence-electron chi connectivity index (χ1n) is 10.0. The number of amides is 1. The number of hydrogen-bond donors (Lipinski definition) is 1. The van der Waals surface area contributed by atoms with E-state index in [1.54, 1.807) is 18.2 Å². The summed E-state index contributed by atoms with van der Waals surface area (Å²) in [5.41, 5.74) is 1.22. The molecule has 0 fully saturated rings. The average molecular weight is 441 g/mol. The number of carbonyl (C=O) groups excluding carboxylic acids is 1. The van der Waals surface area contributed by atoms with Crippen LogP contribution in [0.25, 0.3) is 5.69 Å². The van der Waals surface area contributed by atoms with Crippen LogP contribution in [0.5, 0.6) is 0 Å². The topological polar surface area (TPSA) is 86.0 Å². The van der Waals surface area contributed by atoms with E-state index in [1.807, 2.05) is 52.0 Å². The van der Waals surface area contributed by atoms with E-state index in [-0.39, 0.29) is 18.2 Å². The molecular weight excluding hydrogens is 416 g/mol. The van der Waals surface area contributed by atoms with Gasteiger partial charge in [-0.15, -0.1) is 0 Å². The van der Waals surface area contributed by atoms with Crippen molar-refractivity contribution in [3.05, 3.63) is 90.7 Å². The quantitative estimate of drug-likeness (QED) is 0.638. The van der Waals surface area contributed by atoms with Crippen LogP contribution < -0.4 is 16.6 Å². The van der Waals surface area contributed by atoms with Gasteiger partial charge in [0.05, 0.1) is 12.2 Å². The van der Waals surface area contributed by atoms with Crippen LogP contribution in [0.15, 0.2) is 52.1 Å². The summed E-state index contributed by atoms with van der Waals surface area (Å²) in [6, 6.07) is 12.5. The van der Waals surface area contributed by atoms with Crippen molar-refractivity contribution >= 4 is 17.5 Å². The highest BCUT2D eigenvalue weighted by Gasteiger charge is 2.21. The minimum Gasteiger partial charge on any atom is -0.350 e. The number of halogens is 1. The molecule has 0 aliphatic heterocycles. The van der Waals surface area contributed by atoms with Gasteiger partial charge in [-0.05, 0) is 48.6 Å². The van der Waals surface area contributed by atoms with E-state index in [0.717, 1.165) is 25.9 Å². The number of benzene rings is 2. The molecule has 7 nitrogen and oxygen atoms in total. The molecule has 0 unspecified atom stereocenters. The van der Waals surface area contributed by atoms with Gasteiger partial charge in [-0.1, -0.05) is 55.8 Å². The smallest absolute Gasteiger partial charge is 0.350 e. The van der Waals surface area contributed by atoms with Crippen molar-refractivity contribution in [3.8, 4) is 5.69 Å². The summed E-state index contributed by atoms with van der Waals surface area (Å²) >= 11 is 6.23. The Hall–Kier alpha value is -3.19. The number of nitrogens with one attached hydrogen (secondary N) is 1. The highest BCUT2D eigenvalue weighted by molar-refractivity contribution is 6.31. The summed E-state index contributed by atoms with van der Waals surface area (Å²) in [5, 5.41) is 7.27. The fourth-order valence-corrected chi connectivity index (χ4v) is 3.19. The number of nitrogens with zero attached hydrogens (tertiary/aromatic N) is 3. The zero-order chi connectivity index (χ0) is 22.7. The number of hydrogen-bond acceptors (Lipinski definition) is 4.